The molecule has 1 aliphatic heterocycles. The molecule has 0 spiro atoms. The summed E-state index contributed by atoms with van der Waals surface area (Å²) in [5.74, 6) is 1.17. The summed E-state index contributed by atoms with van der Waals surface area (Å²) in [6.45, 7) is 9.19. The van der Waals surface area contributed by atoms with Crippen LogP contribution in [-0.2, 0) is 6.54 Å². The summed E-state index contributed by atoms with van der Waals surface area (Å²) in [5.41, 5.74) is 4.33. The quantitative estimate of drug-likeness (QED) is 0.831. The Morgan fingerprint density at radius 3 is 2.83 bits per heavy atom. The molecule has 0 N–H and O–H groups in total. The maximum absolute atomic E-state index is 12.7. The van der Waals surface area contributed by atoms with Crippen molar-refractivity contribution in [2.24, 2.45) is 5.92 Å². The average molecular weight is 348 g/mol. The number of rotatable bonds is 5. The summed E-state index contributed by atoms with van der Waals surface area (Å²) in [7, 11) is 2.14. The molecule has 1 atom stereocenters. The highest BCUT2D eigenvalue weighted by molar-refractivity contribution is 7.09. The van der Waals surface area contributed by atoms with Crippen LogP contribution in [0, 0.1) is 26.7 Å². The van der Waals surface area contributed by atoms with Crippen LogP contribution >= 0.6 is 11.3 Å². The van der Waals surface area contributed by atoms with Crippen LogP contribution in [0.25, 0.3) is 0 Å². The van der Waals surface area contributed by atoms with Crippen molar-refractivity contribution >= 4 is 17.2 Å². The number of carbonyl (C=O) groups is 1. The predicted molar refractivity (Wildman–Crippen MR) is 93.2 cm³/mol. The first-order chi connectivity index (χ1) is 11.5. The Morgan fingerprint density at radius 1 is 1.42 bits per heavy atom. The van der Waals surface area contributed by atoms with Gasteiger partial charge in [0.25, 0.3) is 5.91 Å². The lowest BCUT2D eigenvalue weighted by Gasteiger charge is -2.21. The largest absolute Gasteiger partial charge is 0.361 e. The Bertz CT molecular complexity index is 704. The summed E-state index contributed by atoms with van der Waals surface area (Å²) < 4.78 is 5.13. The van der Waals surface area contributed by atoms with Gasteiger partial charge in [-0.2, -0.15) is 0 Å². The Labute approximate surface area is 146 Å². The maximum atomic E-state index is 12.7. The van der Waals surface area contributed by atoms with Gasteiger partial charge in [0, 0.05) is 31.1 Å². The van der Waals surface area contributed by atoms with E-state index in [0.29, 0.717) is 22.9 Å². The minimum atomic E-state index is 0.0507. The van der Waals surface area contributed by atoms with Crippen molar-refractivity contribution in [1.29, 1.82) is 0 Å². The smallest absolute Gasteiger partial charge is 0.259 e. The fraction of sp³-hybridized carbons (Fsp3) is 0.588. The van der Waals surface area contributed by atoms with Crippen molar-refractivity contribution in [3.05, 3.63) is 33.1 Å². The number of nitrogens with zero attached hydrogens (tertiary/aromatic N) is 4. The molecule has 0 aromatic carbocycles. The summed E-state index contributed by atoms with van der Waals surface area (Å²) in [4.78, 5) is 22.6. The van der Waals surface area contributed by atoms with Crippen LogP contribution in [0.5, 0.6) is 0 Å². The zero-order valence-electron chi connectivity index (χ0n) is 14.7. The van der Waals surface area contributed by atoms with E-state index in [1.807, 2.05) is 17.3 Å². The second-order valence-corrected chi connectivity index (χ2v) is 7.60. The normalized spacial score (nSPS) is 17.9. The van der Waals surface area contributed by atoms with Crippen LogP contribution < -0.4 is 0 Å². The molecule has 3 heterocycles. The van der Waals surface area contributed by atoms with Gasteiger partial charge in [0.2, 0.25) is 0 Å². The van der Waals surface area contributed by atoms with Gasteiger partial charge in [0.1, 0.15) is 11.3 Å². The first kappa shape index (κ1) is 17.1. The van der Waals surface area contributed by atoms with E-state index in [2.05, 4.69) is 29.0 Å². The van der Waals surface area contributed by atoms with E-state index in [4.69, 9.17) is 4.52 Å². The van der Waals surface area contributed by atoms with Crippen LogP contribution in [0.4, 0.5) is 0 Å². The molecule has 0 unspecified atom stereocenters. The topological polar surface area (TPSA) is 62.5 Å². The molecule has 1 aliphatic rings. The van der Waals surface area contributed by atoms with Gasteiger partial charge in [0.05, 0.1) is 16.9 Å². The highest BCUT2D eigenvalue weighted by Crippen LogP contribution is 2.23. The lowest BCUT2D eigenvalue weighted by molar-refractivity contribution is 0.0782. The zero-order chi connectivity index (χ0) is 17.3. The highest BCUT2D eigenvalue weighted by atomic mass is 32.1. The summed E-state index contributed by atoms with van der Waals surface area (Å²) in [6, 6.07) is 0. The third kappa shape index (κ3) is 3.52. The first-order valence-electron chi connectivity index (χ1n) is 8.25. The van der Waals surface area contributed by atoms with E-state index >= 15 is 0 Å². The van der Waals surface area contributed by atoms with E-state index in [9.17, 15) is 4.79 Å². The van der Waals surface area contributed by atoms with Crippen molar-refractivity contribution in [1.82, 2.24) is 19.9 Å². The summed E-state index contributed by atoms with van der Waals surface area (Å²) in [6.07, 6.45) is 1.04. The maximum Gasteiger partial charge on any atom is 0.259 e. The van der Waals surface area contributed by atoms with Crippen LogP contribution in [0.1, 0.15) is 38.8 Å². The van der Waals surface area contributed by atoms with Crippen LogP contribution in [0.3, 0.4) is 0 Å². The third-order valence-corrected chi connectivity index (χ3v) is 5.57. The molecule has 0 radical (unpaired) electrons. The monoisotopic (exact) mass is 348 g/mol. The standard InChI is InChI=1S/C17H24N4O2S/c1-11-15(24-10-18-11)9-20(4)7-14-5-6-21(8-14)17(22)16-12(2)19-23-13(16)3/h10,14H,5-9H2,1-4H3/t14-/m0/s1. The molecule has 3 rings (SSSR count). The van der Waals surface area contributed by atoms with Gasteiger partial charge in [-0.05, 0) is 40.2 Å². The second-order valence-electron chi connectivity index (χ2n) is 6.66. The van der Waals surface area contributed by atoms with Crippen LogP contribution in [-0.4, -0.2) is 52.5 Å². The molecule has 1 saturated heterocycles. The Morgan fingerprint density at radius 2 is 2.21 bits per heavy atom. The molecule has 2 aromatic heterocycles. The van der Waals surface area contributed by atoms with E-state index < -0.39 is 0 Å². The molecule has 0 saturated carbocycles. The van der Waals surface area contributed by atoms with Crippen LogP contribution in [0.15, 0.2) is 10.0 Å². The van der Waals surface area contributed by atoms with E-state index in [1.165, 1.54) is 4.88 Å². The fourth-order valence-corrected chi connectivity index (χ4v) is 4.20. The number of likely N-dealkylation sites (tertiary alicyclic amines) is 1. The van der Waals surface area contributed by atoms with Gasteiger partial charge in [-0.15, -0.1) is 11.3 Å². The number of hydrogen-bond acceptors (Lipinski definition) is 6. The first-order valence-corrected chi connectivity index (χ1v) is 9.13. The minimum absolute atomic E-state index is 0.0507. The number of aryl methyl sites for hydroxylation is 3. The number of amides is 1. The highest BCUT2D eigenvalue weighted by Gasteiger charge is 2.30. The van der Waals surface area contributed by atoms with Crippen LogP contribution in [0.2, 0.25) is 0 Å². The molecule has 24 heavy (non-hydrogen) atoms. The van der Waals surface area contributed by atoms with Gasteiger partial charge >= 0.3 is 0 Å². The fourth-order valence-electron chi connectivity index (χ4n) is 3.34. The number of carbonyl (C=O) groups excluding carboxylic acids is 1. The van der Waals surface area contributed by atoms with E-state index in [1.54, 1.807) is 18.3 Å². The van der Waals surface area contributed by atoms with Crippen molar-refractivity contribution in [2.75, 3.05) is 26.7 Å². The van der Waals surface area contributed by atoms with Crippen molar-refractivity contribution in [2.45, 2.75) is 33.7 Å². The molecule has 0 aliphatic carbocycles. The number of thiazole rings is 1. The van der Waals surface area contributed by atoms with Crippen molar-refractivity contribution in [3.63, 3.8) is 0 Å². The van der Waals surface area contributed by atoms with E-state index in [0.717, 1.165) is 38.3 Å². The molecule has 130 valence electrons. The van der Waals surface area contributed by atoms with Gasteiger partial charge in [-0.25, -0.2) is 4.98 Å². The summed E-state index contributed by atoms with van der Waals surface area (Å²) >= 11 is 1.71. The molecule has 2 aromatic rings. The number of aromatic nitrogens is 2. The van der Waals surface area contributed by atoms with E-state index in [-0.39, 0.29) is 5.91 Å². The molecular weight excluding hydrogens is 324 g/mol. The molecule has 1 fully saturated rings. The molecule has 6 nitrogen and oxygen atoms in total. The zero-order valence-corrected chi connectivity index (χ0v) is 15.5. The molecule has 0 bridgehead atoms. The Balaban J connectivity index is 1.55. The molecule has 7 heteroatoms. The average Bonchev–Trinajstić information content (AvgIpc) is 3.22. The van der Waals surface area contributed by atoms with Crippen molar-refractivity contribution < 1.29 is 9.32 Å². The van der Waals surface area contributed by atoms with Crippen molar-refractivity contribution in [3.8, 4) is 0 Å². The van der Waals surface area contributed by atoms with Gasteiger partial charge in [0.15, 0.2) is 0 Å². The predicted octanol–water partition coefficient (Wildman–Crippen LogP) is 2.65. The summed E-state index contributed by atoms with van der Waals surface area (Å²) in [5, 5.41) is 3.89. The second kappa shape index (κ2) is 7.03. The van der Waals surface area contributed by atoms with Gasteiger partial charge in [-0.3, -0.25) is 4.79 Å². The number of hydrogen-bond donors (Lipinski definition) is 0. The van der Waals surface area contributed by atoms with Gasteiger partial charge in [-0.1, -0.05) is 5.16 Å². The SMILES string of the molecule is Cc1ncsc1CN(C)C[C@@H]1CCN(C(=O)c2c(C)noc2C)C1. The Kier molecular flexibility index (Phi) is 5.01. The minimum Gasteiger partial charge on any atom is -0.361 e. The lowest BCUT2D eigenvalue weighted by atomic mass is 10.1. The molecular formula is C17H24N4O2S. The Hall–Kier alpha value is -1.73. The third-order valence-electron chi connectivity index (χ3n) is 4.65. The molecule has 1 amide bonds. The lowest BCUT2D eigenvalue weighted by Crippen LogP contribution is -2.32. The van der Waals surface area contributed by atoms with Gasteiger partial charge < -0.3 is 14.3 Å².